The normalized spacial score (nSPS) is 15.2. The molecule has 100 valence electrons. The molecular weight excluding hydrogens is 258 g/mol. The van der Waals surface area contributed by atoms with Crippen LogP contribution in [0.5, 0.6) is 0 Å². The summed E-state index contributed by atoms with van der Waals surface area (Å²) in [6.07, 6.45) is 5.88. The van der Waals surface area contributed by atoms with Crippen molar-refractivity contribution in [2.45, 2.75) is 38.6 Å². The molecule has 0 saturated heterocycles. The fraction of sp³-hybridized carbons (Fsp3) is 0.400. The molecule has 1 aliphatic carbocycles. The Labute approximate surface area is 116 Å². The summed E-state index contributed by atoms with van der Waals surface area (Å²) >= 11 is 1.64. The number of hydrogen-bond acceptors (Lipinski definition) is 3. The van der Waals surface area contributed by atoms with E-state index in [1.54, 1.807) is 17.6 Å². The van der Waals surface area contributed by atoms with E-state index in [0.29, 0.717) is 0 Å². The summed E-state index contributed by atoms with van der Waals surface area (Å²) in [5.41, 5.74) is 1.37. The van der Waals surface area contributed by atoms with E-state index in [1.807, 2.05) is 19.1 Å². The molecule has 4 heteroatoms. The SMILES string of the molecule is C[C@H](Cc1ccco1)NC(=O)c1cc2c(s1)CCC2. The second-order valence-corrected chi connectivity index (χ2v) is 6.21. The molecule has 19 heavy (non-hydrogen) atoms. The van der Waals surface area contributed by atoms with E-state index in [9.17, 15) is 4.79 Å². The zero-order valence-corrected chi connectivity index (χ0v) is 11.8. The summed E-state index contributed by atoms with van der Waals surface area (Å²) in [5.74, 6) is 0.944. The molecule has 0 spiro atoms. The van der Waals surface area contributed by atoms with Crippen molar-refractivity contribution in [2.75, 3.05) is 0 Å². The van der Waals surface area contributed by atoms with Crippen LogP contribution < -0.4 is 5.32 Å². The Morgan fingerprint density at radius 1 is 1.53 bits per heavy atom. The van der Waals surface area contributed by atoms with Gasteiger partial charge in [-0.2, -0.15) is 0 Å². The number of aryl methyl sites for hydroxylation is 2. The monoisotopic (exact) mass is 275 g/mol. The predicted molar refractivity (Wildman–Crippen MR) is 75.7 cm³/mol. The summed E-state index contributed by atoms with van der Waals surface area (Å²) in [6, 6.07) is 5.94. The van der Waals surface area contributed by atoms with Gasteiger partial charge in [-0.05, 0) is 49.9 Å². The topological polar surface area (TPSA) is 42.2 Å². The zero-order valence-electron chi connectivity index (χ0n) is 10.9. The van der Waals surface area contributed by atoms with Gasteiger partial charge in [0, 0.05) is 17.3 Å². The molecule has 2 heterocycles. The fourth-order valence-corrected chi connectivity index (χ4v) is 3.67. The molecule has 2 aromatic rings. The minimum Gasteiger partial charge on any atom is -0.469 e. The molecule has 1 aliphatic rings. The Hall–Kier alpha value is -1.55. The highest BCUT2D eigenvalue weighted by atomic mass is 32.1. The molecule has 1 atom stereocenters. The summed E-state index contributed by atoms with van der Waals surface area (Å²) < 4.78 is 5.29. The first kappa shape index (κ1) is 12.5. The van der Waals surface area contributed by atoms with Crippen molar-refractivity contribution in [1.82, 2.24) is 5.32 Å². The number of rotatable bonds is 4. The average molecular weight is 275 g/mol. The summed E-state index contributed by atoms with van der Waals surface area (Å²) in [4.78, 5) is 14.4. The maximum Gasteiger partial charge on any atom is 0.261 e. The fourth-order valence-electron chi connectivity index (χ4n) is 2.52. The maximum absolute atomic E-state index is 12.2. The molecule has 3 nitrogen and oxygen atoms in total. The second kappa shape index (κ2) is 5.21. The first-order valence-corrected chi connectivity index (χ1v) is 7.49. The second-order valence-electron chi connectivity index (χ2n) is 5.07. The van der Waals surface area contributed by atoms with Gasteiger partial charge < -0.3 is 9.73 Å². The highest BCUT2D eigenvalue weighted by molar-refractivity contribution is 7.14. The summed E-state index contributed by atoms with van der Waals surface area (Å²) in [5, 5.41) is 3.03. The molecule has 0 unspecified atom stereocenters. The zero-order chi connectivity index (χ0) is 13.2. The molecule has 0 radical (unpaired) electrons. The minimum absolute atomic E-state index is 0.0402. The first-order valence-electron chi connectivity index (χ1n) is 6.67. The van der Waals surface area contributed by atoms with Gasteiger partial charge in [-0.15, -0.1) is 11.3 Å². The lowest BCUT2D eigenvalue weighted by Crippen LogP contribution is -2.33. The first-order chi connectivity index (χ1) is 9.22. The number of carbonyl (C=O) groups is 1. The lowest BCUT2D eigenvalue weighted by Gasteiger charge is -2.11. The molecule has 1 amide bonds. The van der Waals surface area contributed by atoms with Crippen LogP contribution in [0.3, 0.4) is 0 Å². The van der Waals surface area contributed by atoms with Crippen LogP contribution in [0.4, 0.5) is 0 Å². The largest absolute Gasteiger partial charge is 0.469 e. The van der Waals surface area contributed by atoms with Crippen molar-refractivity contribution < 1.29 is 9.21 Å². The van der Waals surface area contributed by atoms with Crippen molar-refractivity contribution in [3.63, 3.8) is 0 Å². The third-order valence-corrected chi connectivity index (χ3v) is 4.67. The number of furan rings is 1. The van der Waals surface area contributed by atoms with Gasteiger partial charge in [0.05, 0.1) is 11.1 Å². The van der Waals surface area contributed by atoms with E-state index < -0.39 is 0 Å². The number of hydrogen-bond donors (Lipinski definition) is 1. The van der Waals surface area contributed by atoms with Crippen LogP contribution in [0.1, 0.15) is 39.2 Å². The minimum atomic E-state index is 0.0402. The van der Waals surface area contributed by atoms with Gasteiger partial charge in [-0.25, -0.2) is 0 Å². The van der Waals surface area contributed by atoms with Crippen LogP contribution in [-0.2, 0) is 19.3 Å². The molecular formula is C15H17NO2S. The van der Waals surface area contributed by atoms with Crippen molar-refractivity contribution in [2.24, 2.45) is 0 Å². The Kier molecular flexibility index (Phi) is 3.42. The van der Waals surface area contributed by atoms with Crippen LogP contribution in [0.25, 0.3) is 0 Å². The van der Waals surface area contributed by atoms with Gasteiger partial charge in [0.25, 0.3) is 5.91 Å². The van der Waals surface area contributed by atoms with Crippen LogP contribution in [0.2, 0.25) is 0 Å². The van der Waals surface area contributed by atoms with Crippen LogP contribution in [-0.4, -0.2) is 11.9 Å². The van der Waals surface area contributed by atoms with E-state index in [1.165, 1.54) is 16.9 Å². The third kappa shape index (κ3) is 2.73. The Morgan fingerprint density at radius 2 is 2.42 bits per heavy atom. The standard InChI is InChI=1S/C15H17NO2S/c1-10(8-12-5-3-7-18-12)16-15(17)14-9-11-4-2-6-13(11)19-14/h3,5,7,9-10H,2,4,6,8H2,1H3,(H,16,17)/t10-/m1/s1. The van der Waals surface area contributed by atoms with E-state index in [4.69, 9.17) is 4.42 Å². The lowest BCUT2D eigenvalue weighted by molar-refractivity contribution is 0.0943. The smallest absolute Gasteiger partial charge is 0.261 e. The number of amides is 1. The Balaban J connectivity index is 1.61. The molecule has 2 aromatic heterocycles. The average Bonchev–Trinajstić information content (AvgIpc) is 3.02. The van der Waals surface area contributed by atoms with Crippen molar-refractivity contribution in [3.8, 4) is 0 Å². The molecule has 1 N–H and O–H groups in total. The summed E-state index contributed by atoms with van der Waals surface area (Å²) in [6.45, 7) is 2.00. The molecule has 0 aliphatic heterocycles. The van der Waals surface area contributed by atoms with Gasteiger partial charge in [-0.3, -0.25) is 4.79 Å². The molecule has 0 saturated carbocycles. The number of fused-ring (bicyclic) bond motifs is 1. The quantitative estimate of drug-likeness (QED) is 0.931. The highest BCUT2D eigenvalue weighted by Crippen LogP contribution is 2.30. The Morgan fingerprint density at radius 3 is 3.16 bits per heavy atom. The van der Waals surface area contributed by atoms with E-state index in [-0.39, 0.29) is 11.9 Å². The van der Waals surface area contributed by atoms with Gasteiger partial charge >= 0.3 is 0 Å². The van der Waals surface area contributed by atoms with Gasteiger partial charge in [0.1, 0.15) is 5.76 Å². The number of carbonyl (C=O) groups excluding carboxylic acids is 1. The van der Waals surface area contributed by atoms with Gasteiger partial charge in [-0.1, -0.05) is 0 Å². The maximum atomic E-state index is 12.2. The molecule has 0 aromatic carbocycles. The van der Waals surface area contributed by atoms with E-state index in [2.05, 4.69) is 11.4 Å². The van der Waals surface area contributed by atoms with Gasteiger partial charge in [0.2, 0.25) is 0 Å². The van der Waals surface area contributed by atoms with E-state index in [0.717, 1.165) is 29.9 Å². The van der Waals surface area contributed by atoms with Crippen LogP contribution in [0, 0.1) is 0 Å². The van der Waals surface area contributed by atoms with Crippen molar-refractivity contribution in [1.29, 1.82) is 0 Å². The van der Waals surface area contributed by atoms with Crippen LogP contribution in [0.15, 0.2) is 28.9 Å². The lowest BCUT2D eigenvalue weighted by atomic mass is 10.2. The molecule has 0 fully saturated rings. The van der Waals surface area contributed by atoms with Crippen LogP contribution >= 0.6 is 11.3 Å². The number of thiophene rings is 1. The highest BCUT2D eigenvalue weighted by Gasteiger charge is 2.19. The van der Waals surface area contributed by atoms with Crippen molar-refractivity contribution >= 4 is 17.2 Å². The Bertz CT molecular complexity index is 549. The summed E-state index contributed by atoms with van der Waals surface area (Å²) in [7, 11) is 0. The number of nitrogens with one attached hydrogen (secondary N) is 1. The van der Waals surface area contributed by atoms with Crippen molar-refractivity contribution in [3.05, 3.63) is 45.5 Å². The van der Waals surface area contributed by atoms with Gasteiger partial charge in [0.15, 0.2) is 0 Å². The molecule has 3 rings (SSSR count). The third-order valence-electron chi connectivity index (χ3n) is 3.44. The van der Waals surface area contributed by atoms with E-state index >= 15 is 0 Å². The predicted octanol–water partition coefficient (Wildman–Crippen LogP) is 3.19. The molecule has 0 bridgehead atoms.